The van der Waals surface area contributed by atoms with E-state index in [-0.39, 0.29) is 0 Å². The summed E-state index contributed by atoms with van der Waals surface area (Å²) >= 11 is 5.83. The maximum absolute atomic E-state index is 5.83. The minimum atomic E-state index is 0.430. The molecule has 24 heavy (non-hydrogen) atoms. The van der Waals surface area contributed by atoms with Crippen molar-refractivity contribution in [3.8, 4) is 11.4 Å². The average Bonchev–Trinajstić information content (AvgIpc) is 3.00. The Morgan fingerprint density at radius 3 is 2.75 bits per heavy atom. The number of anilines is 1. The van der Waals surface area contributed by atoms with E-state index in [4.69, 9.17) is 26.7 Å². The van der Waals surface area contributed by atoms with Crippen LogP contribution in [-0.2, 0) is 19.5 Å². The van der Waals surface area contributed by atoms with Crippen molar-refractivity contribution in [1.29, 1.82) is 0 Å². The first kappa shape index (κ1) is 15.2. The first-order valence-corrected chi connectivity index (χ1v) is 8.22. The van der Waals surface area contributed by atoms with Crippen molar-refractivity contribution in [2.75, 3.05) is 12.3 Å². The van der Waals surface area contributed by atoms with Gasteiger partial charge < -0.3 is 10.2 Å². The zero-order valence-electron chi connectivity index (χ0n) is 13.1. The van der Waals surface area contributed by atoms with Crippen molar-refractivity contribution in [2.24, 2.45) is 0 Å². The normalized spacial score (nSPS) is 14.5. The lowest BCUT2D eigenvalue weighted by Crippen LogP contribution is -2.30. The summed E-state index contributed by atoms with van der Waals surface area (Å²) in [5.41, 5.74) is 9.74. The number of aromatic nitrogens is 2. The molecule has 3 aromatic rings. The first-order chi connectivity index (χ1) is 11.7. The van der Waals surface area contributed by atoms with Gasteiger partial charge in [-0.15, -0.1) is 0 Å². The molecule has 0 atom stereocenters. The monoisotopic (exact) mass is 340 g/mol. The third kappa shape index (κ3) is 3.13. The summed E-state index contributed by atoms with van der Waals surface area (Å²) in [6, 6.07) is 11.3. The summed E-state index contributed by atoms with van der Waals surface area (Å²) in [6.45, 7) is 2.49. The summed E-state index contributed by atoms with van der Waals surface area (Å²) in [5, 5.41) is 0.430. The lowest BCUT2D eigenvalue weighted by atomic mass is 10.1. The van der Waals surface area contributed by atoms with E-state index in [2.05, 4.69) is 9.88 Å². The molecular formula is C18H17ClN4O. The number of nitrogens with two attached hydrogens (primary N) is 1. The van der Waals surface area contributed by atoms with Crippen LogP contribution in [0.2, 0.25) is 5.22 Å². The van der Waals surface area contributed by atoms with Crippen molar-refractivity contribution in [3.05, 3.63) is 64.8 Å². The fraction of sp³-hybridized carbons (Fsp3) is 0.222. The topological polar surface area (TPSA) is 68.2 Å². The van der Waals surface area contributed by atoms with Gasteiger partial charge in [-0.3, -0.25) is 4.90 Å². The van der Waals surface area contributed by atoms with Gasteiger partial charge in [0.25, 0.3) is 0 Å². The summed E-state index contributed by atoms with van der Waals surface area (Å²) in [5.74, 6) is 1.63. The second-order valence-electron chi connectivity index (χ2n) is 5.95. The largest absolute Gasteiger partial charge is 0.448 e. The molecule has 0 aliphatic carbocycles. The number of halogens is 1. The molecule has 3 heterocycles. The zero-order valence-corrected chi connectivity index (χ0v) is 13.8. The summed E-state index contributed by atoms with van der Waals surface area (Å²) in [7, 11) is 0. The van der Waals surface area contributed by atoms with Crippen LogP contribution in [-0.4, -0.2) is 21.4 Å². The number of hydrogen-bond acceptors (Lipinski definition) is 5. The highest BCUT2D eigenvalue weighted by atomic mass is 35.5. The van der Waals surface area contributed by atoms with Crippen molar-refractivity contribution in [3.63, 3.8) is 0 Å². The van der Waals surface area contributed by atoms with Crippen LogP contribution >= 0.6 is 11.6 Å². The smallest absolute Gasteiger partial charge is 0.193 e. The number of nitrogen functional groups attached to an aromatic ring is 1. The minimum Gasteiger partial charge on any atom is -0.448 e. The van der Waals surface area contributed by atoms with Crippen LogP contribution in [0.5, 0.6) is 0 Å². The minimum absolute atomic E-state index is 0.430. The highest BCUT2D eigenvalue weighted by molar-refractivity contribution is 6.28. The number of fused-ring (bicyclic) bond motifs is 1. The number of rotatable bonds is 3. The summed E-state index contributed by atoms with van der Waals surface area (Å²) in [6.07, 6.45) is 2.82. The molecule has 2 aromatic heterocycles. The van der Waals surface area contributed by atoms with Crippen LogP contribution in [0.4, 0.5) is 5.69 Å². The quantitative estimate of drug-likeness (QED) is 0.739. The molecule has 5 nitrogen and oxygen atoms in total. The Hall–Kier alpha value is -2.37. The third-order valence-electron chi connectivity index (χ3n) is 4.19. The Morgan fingerprint density at radius 1 is 1.17 bits per heavy atom. The zero-order chi connectivity index (χ0) is 16.5. The summed E-state index contributed by atoms with van der Waals surface area (Å²) in [4.78, 5) is 11.6. The molecule has 0 unspecified atom stereocenters. The predicted octanol–water partition coefficient (Wildman–Crippen LogP) is 3.53. The molecule has 122 valence electrons. The van der Waals surface area contributed by atoms with Crippen LogP contribution < -0.4 is 5.73 Å². The summed E-state index contributed by atoms with van der Waals surface area (Å²) < 4.78 is 5.44. The molecule has 1 aliphatic rings. The molecule has 2 N–H and O–H groups in total. The standard InChI is InChI=1S/C18H17ClN4O/c19-17-6-5-15(24-17)11-23-8-7-16-13(10-23)9-21-18(22-16)12-1-3-14(20)4-2-12/h1-6,9H,7-8,10-11,20H2. The van der Waals surface area contributed by atoms with Gasteiger partial charge in [0.15, 0.2) is 11.0 Å². The van der Waals surface area contributed by atoms with Gasteiger partial charge in [0.1, 0.15) is 5.76 Å². The Morgan fingerprint density at radius 2 is 2.00 bits per heavy atom. The van der Waals surface area contributed by atoms with E-state index in [1.54, 1.807) is 6.07 Å². The SMILES string of the molecule is Nc1ccc(-c2ncc3c(n2)CCN(Cc2ccc(Cl)o2)C3)cc1. The number of benzene rings is 1. The van der Waals surface area contributed by atoms with Gasteiger partial charge in [-0.25, -0.2) is 9.97 Å². The lowest BCUT2D eigenvalue weighted by Gasteiger charge is -2.27. The highest BCUT2D eigenvalue weighted by Gasteiger charge is 2.19. The molecule has 0 spiro atoms. The maximum Gasteiger partial charge on any atom is 0.193 e. The van der Waals surface area contributed by atoms with E-state index < -0.39 is 0 Å². The molecule has 6 heteroatoms. The Balaban J connectivity index is 1.52. The van der Waals surface area contributed by atoms with Crippen LogP contribution in [0.1, 0.15) is 17.0 Å². The second-order valence-corrected chi connectivity index (χ2v) is 6.33. The van der Waals surface area contributed by atoms with Gasteiger partial charge in [0.05, 0.1) is 12.2 Å². The molecule has 1 aliphatic heterocycles. The van der Waals surface area contributed by atoms with Gasteiger partial charge in [-0.05, 0) is 48.0 Å². The Kier molecular flexibility index (Phi) is 3.96. The van der Waals surface area contributed by atoms with Crippen LogP contribution in [0.15, 0.2) is 47.0 Å². The van der Waals surface area contributed by atoms with Crippen LogP contribution in [0.3, 0.4) is 0 Å². The van der Waals surface area contributed by atoms with Gasteiger partial charge in [-0.1, -0.05) is 0 Å². The van der Waals surface area contributed by atoms with Crippen molar-refractivity contribution in [2.45, 2.75) is 19.5 Å². The lowest BCUT2D eigenvalue weighted by molar-refractivity contribution is 0.223. The fourth-order valence-corrected chi connectivity index (χ4v) is 3.10. The van der Waals surface area contributed by atoms with Crippen molar-refractivity contribution in [1.82, 2.24) is 14.9 Å². The number of hydrogen-bond donors (Lipinski definition) is 1. The molecule has 0 saturated carbocycles. The molecular weight excluding hydrogens is 324 g/mol. The maximum atomic E-state index is 5.83. The van der Waals surface area contributed by atoms with Gasteiger partial charge in [0.2, 0.25) is 0 Å². The van der Waals surface area contributed by atoms with E-state index >= 15 is 0 Å². The van der Waals surface area contributed by atoms with E-state index in [0.717, 1.165) is 60.1 Å². The van der Waals surface area contributed by atoms with E-state index in [1.165, 1.54) is 0 Å². The van der Waals surface area contributed by atoms with Gasteiger partial charge in [0, 0.05) is 42.5 Å². The molecule has 1 aromatic carbocycles. The average molecular weight is 341 g/mol. The Labute approximate surface area is 145 Å². The van der Waals surface area contributed by atoms with E-state index in [0.29, 0.717) is 5.22 Å². The van der Waals surface area contributed by atoms with E-state index in [1.807, 2.05) is 36.5 Å². The number of nitrogens with zero attached hydrogens (tertiary/aromatic N) is 3. The third-order valence-corrected chi connectivity index (χ3v) is 4.39. The predicted molar refractivity (Wildman–Crippen MR) is 93.4 cm³/mol. The number of furan rings is 1. The molecule has 0 fully saturated rings. The molecule has 0 radical (unpaired) electrons. The first-order valence-electron chi connectivity index (χ1n) is 7.84. The molecule has 4 rings (SSSR count). The molecule has 0 saturated heterocycles. The van der Waals surface area contributed by atoms with E-state index in [9.17, 15) is 0 Å². The fourth-order valence-electron chi connectivity index (χ4n) is 2.94. The van der Waals surface area contributed by atoms with Crippen molar-refractivity contribution < 1.29 is 4.42 Å². The second kappa shape index (κ2) is 6.26. The van der Waals surface area contributed by atoms with Gasteiger partial charge in [-0.2, -0.15) is 0 Å². The molecule has 0 bridgehead atoms. The molecule has 0 amide bonds. The van der Waals surface area contributed by atoms with Crippen LogP contribution in [0, 0.1) is 0 Å². The van der Waals surface area contributed by atoms with Crippen LogP contribution in [0.25, 0.3) is 11.4 Å². The highest BCUT2D eigenvalue weighted by Crippen LogP contribution is 2.23. The van der Waals surface area contributed by atoms with Crippen molar-refractivity contribution >= 4 is 17.3 Å². The Bertz CT molecular complexity index is 860. The van der Waals surface area contributed by atoms with Gasteiger partial charge >= 0.3 is 0 Å².